The molecule has 0 bridgehead atoms. The Balaban J connectivity index is 2.14. The number of halogens is 1. The SMILES string of the molecule is CN(Cc1cc(N)ccc1Cl)C(=O)c1cn[nH]c1. The number of aromatic nitrogens is 2. The van der Waals surface area contributed by atoms with Crippen molar-refractivity contribution in [2.24, 2.45) is 0 Å². The molecule has 0 fully saturated rings. The fourth-order valence-electron chi connectivity index (χ4n) is 1.63. The summed E-state index contributed by atoms with van der Waals surface area (Å²) in [6, 6.07) is 5.22. The van der Waals surface area contributed by atoms with Crippen LogP contribution in [-0.4, -0.2) is 28.1 Å². The van der Waals surface area contributed by atoms with E-state index in [0.717, 1.165) is 5.56 Å². The lowest BCUT2D eigenvalue weighted by molar-refractivity contribution is 0.0785. The maximum absolute atomic E-state index is 12.0. The van der Waals surface area contributed by atoms with E-state index in [4.69, 9.17) is 17.3 Å². The summed E-state index contributed by atoms with van der Waals surface area (Å²) in [7, 11) is 1.70. The Morgan fingerprint density at radius 3 is 3.00 bits per heavy atom. The van der Waals surface area contributed by atoms with Crippen LogP contribution in [0.15, 0.2) is 30.6 Å². The Kier molecular flexibility index (Phi) is 3.53. The molecule has 94 valence electrons. The summed E-state index contributed by atoms with van der Waals surface area (Å²) < 4.78 is 0. The Labute approximate surface area is 110 Å². The molecule has 0 aliphatic heterocycles. The lowest BCUT2D eigenvalue weighted by Crippen LogP contribution is -2.26. The van der Waals surface area contributed by atoms with Crippen molar-refractivity contribution < 1.29 is 4.79 Å². The van der Waals surface area contributed by atoms with Gasteiger partial charge in [-0.3, -0.25) is 9.89 Å². The third-order valence-corrected chi connectivity index (χ3v) is 2.94. The molecule has 3 N–H and O–H groups in total. The van der Waals surface area contributed by atoms with Gasteiger partial charge in [-0.25, -0.2) is 0 Å². The van der Waals surface area contributed by atoms with Gasteiger partial charge in [-0.05, 0) is 23.8 Å². The predicted octanol–water partition coefficient (Wildman–Crippen LogP) is 1.92. The molecule has 0 atom stereocenters. The third-order valence-electron chi connectivity index (χ3n) is 2.57. The van der Waals surface area contributed by atoms with E-state index in [9.17, 15) is 4.79 Å². The summed E-state index contributed by atoms with van der Waals surface area (Å²) in [4.78, 5) is 13.6. The quantitative estimate of drug-likeness (QED) is 0.832. The molecule has 0 spiro atoms. The average molecular weight is 265 g/mol. The number of nitrogens with one attached hydrogen (secondary N) is 1. The zero-order chi connectivity index (χ0) is 13.1. The molecule has 0 unspecified atom stereocenters. The number of aromatic amines is 1. The van der Waals surface area contributed by atoms with E-state index < -0.39 is 0 Å². The highest BCUT2D eigenvalue weighted by Crippen LogP contribution is 2.20. The van der Waals surface area contributed by atoms with Crippen LogP contribution in [0.2, 0.25) is 5.02 Å². The highest BCUT2D eigenvalue weighted by atomic mass is 35.5. The Morgan fingerprint density at radius 2 is 2.33 bits per heavy atom. The second-order valence-corrected chi connectivity index (χ2v) is 4.41. The number of nitrogen functional groups attached to an aromatic ring is 1. The Bertz CT molecular complexity index is 553. The van der Waals surface area contributed by atoms with Crippen molar-refractivity contribution in [1.82, 2.24) is 15.1 Å². The first-order valence-corrected chi connectivity index (χ1v) is 5.74. The maximum Gasteiger partial charge on any atom is 0.257 e. The van der Waals surface area contributed by atoms with Crippen molar-refractivity contribution >= 4 is 23.2 Å². The molecule has 0 radical (unpaired) electrons. The summed E-state index contributed by atoms with van der Waals surface area (Å²) in [6.07, 6.45) is 3.04. The monoisotopic (exact) mass is 264 g/mol. The summed E-state index contributed by atoms with van der Waals surface area (Å²) >= 11 is 6.06. The summed E-state index contributed by atoms with van der Waals surface area (Å²) in [5.41, 5.74) is 7.65. The number of rotatable bonds is 3. The molecular formula is C12H13ClN4O. The van der Waals surface area contributed by atoms with E-state index in [1.165, 1.54) is 6.20 Å². The summed E-state index contributed by atoms with van der Waals surface area (Å²) in [5.74, 6) is -0.123. The van der Waals surface area contributed by atoms with Crippen LogP contribution in [0.25, 0.3) is 0 Å². The Hall–Kier alpha value is -2.01. The van der Waals surface area contributed by atoms with E-state index in [2.05, 4.69) is 10.2 Å². The molecule has 18 heavy (non-hydrogen) atoms. The van der Waals surface area contributed by atoms with Gasteiger partial charge >= 0.3 is 0 Å². The van der Waals surface area contributed by atoms with Crippen LogP contribution in [0.4, 0.5) is 5.69 Å². The number of nitrogens with zero attached hydrogens (tertiary/aromatic N) is 2. The number of hydrogen-bond acceptors (Lipinski definition) is 3. The number of hydrogen-bond donors (Lipinski definition) is 2. The van der Waals surface area contributed by atoms with Crippen molar-refractivity contribution in [3.8, 4) is 0 Å². The fourth-order valence-corrected chi connectivity index (χ4v) is 1.81. The molecule has 1 aromatic heterocycles. The molecule has 0 aliphatic carbocycles. The predicted molar refractivity (Wildman–Crippen MR) is 70.2 cm³/mol. The van der Waals surface area contributed by atoms with E-state index in [-0.39, 0.29) is 5.91 Å². The largest absolute Gasteiger partial charge is 0.399 e. The lowest BCUT2D eigenvalue weighted by atomic mass is 10.2. The number of anilines is 1. The van der Waals surface area contributed by atoms with Gasteiger partial charge in [0.15, 0.2) is 0 Å². The van der Waals surface area contributed by atoms with Gasteiger partial charge in [-0.1, -0.05) is 11.6 Å². The van der Waals surface area contributed by atoms with E-state index >= 15 is 0 Å². The van der Waals surface area contributed by atoms with Crippen LogP contribution < -0.4 is 5.73 Å². The molecule has 1 aromatic carbocycles. The Morgan fingerprint density at radius 1 is 1.56 bits per heavy atom. The number of H-pyrrole nitrogens is 1. The number of carbonyl (C=O) groups is 1. The molecule has 6 heteroatoms. The van der Waals surface area contributed by atoms with Gasteiger partial charge in [0, 0.05) is 30.5 Å². The van der Waals surface area contributed by atoms with Gasteiger partial charge in [0.2, 0.25) is 0 Å². The van der Waals surface area contributed by atoms with Gasteiger partial charge in [0.25, 0.3) is 5.91 Å². The number of amides is 1. The normalized spacial score (nSPS) is 10.3. The van der Waals surface area contributed by atoms with Crippen LogP contribution in [0.1, 0.15) is 15.9 Å². The van der Waals surface area contributed by atoms with Crippen LogP contribution in [0, 0.1) is 0 Å². The molecule has 2 rings (SSSR count). The number of nitrogens with two attached hydrogens (primary N) is 1. The smallest absolute Gasteiger partial charge is 0.257 e. The van der Waals surface area contributed by atoms with Gasteiger partial charge in [-0.2, -0.15) is 5.10 Å². The van der Waals surface area contributed by atoms with Gasteiger partial charge in [-0.15, -0.1) is 0 Å². The zero-order valence-corrected chi connectivity index (χ0v) is 10.6. The first-order chi connectivity index (χ1) is 8.58. The van der Waals surface area contributed by atoms with Crippen molar-refractivity contribution in [3.63, 3.8) is 0 Å². The molecule has 0 saturated carbocycles. The number of benzene rings is 1. The summed E-state index contributed by atoms with van der Waals surface area (Å²) in [5, 5.41) is 6.95. The molecule has 5 nitrogen and oxygen atoms in total. The van der Waals surface area contributed by atoms with Gasteiger partial charge in [0.05, 0.1) is 11.8 Å². The molecule has 0 saturated heterocycles. The van der Waals surface area contributed by atoms with Crippen LogP contribution in [0.3, 0.4) is 0 Å². The highest BCUT2D eigenvalue weighted by Gasteiger charge is 2.14. The van der Waals surface area contributed by atoms with Crippen LogP contribution in [-0.2, 0) is 6.54 Å². The van der Waals surface area contributed by atoms with E-state index in [0.29, 0.717) is 22.8 Å². The molecular weight excluding hydrogens is 252 g/mol. The maximum atomic E-state index is 12.0. The van der Waals surface area contributed by atoms with Crippen molar-refractivity contribution in [3.05, 3.63) is 46.7 Å². The average Bonchev–Trinajstić information content (AvgIpc) is 2.86. The second-order valence-electron chi connectivity index (χ2n) is 4.00. The fraction of sp³-hybridized carbons (Fsp3) is 0.167. The lowest BCUT2D eigenvalue weighted by Gasteiger charge is -2.17. The van der Waals surface area contributed by atoms with Gasteiger partial charge in [0.1, 0.15) is 0 Å². The molecule has 1 heterocycles. The van der Waals surface area contributed by atoms with Crippen molar-refractivity contribution in [2.75, 3.05) is 12.8 Å². The molecule has 1 amide bonds. The molecule has 0 aliphatic rings. The number of carbonyl (C=O) groups excluding carboxylic acids is 1. The summed E-state index contributed by atoms with van der Waals surface area (Å²) in [6.45, 7) is 0.397. The van der Waals surface area contributed by atoms with Crippen molar-refractivity contribution in [2.45, 2.75) is 6.54 Å². The standard InChI is InChI=1S/C12H13ClN4O/c1-17(12(18)9-5-15-16-6-9)7-8-4-10(14)2-3-11(8)13/h2-6H,7,14H2,1H3,(H,15,16). The van der Waals surface area contributed by atoms with Gasteiger partial charge < -0.3 is 10.6 Å². The minimum absolute atomic E-state index is 0.123. The topological polar surface area (TPSA) is 75.0 Å². The van der Waals surface area contributed by atoms with Crippen LogP contribution in [0.5, 0.6) is 0 Å². The zero-order valence-electron chi connectivity index (χ0n) is 9.85. The first-order valence-electron chi connectivity index (χ1n) is 5.36. The third kappa shape index (κ3) is 2.62. The first kappa shape index (κ1) is 12.4. The second kappa shape index (κ2) is 5.10. The minimum atomic E-state index is -0.123. The molecule has 2 aromatic rings. The van der Waals surface area contributed by atoms with E-state index in [1.807, 2.05) is 0 Å². The van der Waals surface area contributed by atoms with Crippen LogP contribution >= 0.6 is 11.6 Å². The van der Waals surface area contributed by atoms with E-state index in [1.54, 1.807) is 36.3 Å². The minimum Gasteiger partial charge on any atom is -0.399 e. The van der Waals surface area contributed by atoms with Crippen molar-refractivity contribution in [1.29, 1.82) is 0 Å². The highest BCUT2D eigenvalue weighted by molar-refractivity contribution is 6.31.